The number of amides is 2. The zero-order valence-electron chi connectivity index (χ0n) is 16.5. The third-order valence-corrected chi connectivity index (χ3v) is 6.23. The molecule has 2 fully saturated rings. The number of allylic oxidation sites excluding steroid dienone is 1. The lowest BCUT2D eigenvalue weighted by Gasteiger charge is -2.22. The van der Waals surface area contributed by atoms with Crippen LogP contribution in [0.1, 0.15) is 44.9 Å². The van der Waals surface area contributed by atoms with Gasteiger partial charge in [-0.25, -0.2) is 0 Å². The van der Waals surface area contributed by atoms with Gasteiger partial charge >= 0.3 is 0 Å². The summed E-state index contributed by atoms with van der Waals surface area (Å²) in [5, 5.41) is 3.17. The molecule has 2 atom stereocenters. The zero-order chi connectivity index (χ0) is 19.3. The summed E-state index contributed by atoms with van der Waals surface area (Å²) in [5.74, 6) is 0.361. The maximum Gasteiger partial charge on any atom is 0.247 e. The Morgan fingerprint density at radius 1 is 1.04 bits per heavy atom. The highest BCUT2D eigenvalue weighted by molar-refractivity contribution is 5.93. The van der Waals surface area contributed by atoms with Gasteiger partial charge in [-0.15, -0.1) is 0 Å². The molecule has 4 rings (SSSR count). The van der Waals surface area contributed by atoms with Crippen molar-refractivity contribution in [3.63, 3.8) is 0 Å². The first-order valence-electron chi connectivity index (χ1n) is 10.6. The summed E-state index contributed by atoms with van der Waals surface area (Å²) in [6, 6.07) is 4.07. The third-order valence-electron chi connectivity index (χ3n) is 6.23. The van der Waals surface area contributed by atoms with Crippen LogP contribution in [0.4, 0.5) is 5.69 Å². The number of pyridine rings is 1. The van der Waals surface area contributed by atoms with Crippen molar-refractivity contribution in [2.75, 3.05) is 31.1 Å². The normalized spacial score (nSPS) is 25.4. The fraction of sp³-hybridized carbons (Fsp3) is 0.591. The second kappa shape index (κ2) is 8.76. The second-order valence-electron chi connectivity index (χ2n) is 8.21. The summed E-state index contributed by atoms with van der Waals surface area (Å²) < 4.78 is 0. The van der Waals surface area contributed by atoms with Crippen LogP contribution in [-0.4, -0.2) is 53.9 Å². The molecule has 1 N–H and O–H groups in total. The Bertz CT molecular complexity index is 733. The van der Waals surface area contributed by atoms with Crippen LogP contribution in [0.3, 0.4) is 0 Å². The molecule has 6 nitrogen and oxygen atoms in total. The van der Waals surface area contributed by atoms with E-state index in [2.05, 4.69) is 21.3 Å². The molecule has 0 bridgehead atoms. The van der Waals surface area contributed by atoms with E-state index in [0.29, 0.717) is 6.54 Å². The topological polar surface area (TPSA) is 65.5 Å². The van der Waals surface area contributed by atoms with Crippen LogP contribution in [0.15, 0.2) is 36.2 Å². The molecule has 0 aromatic carbocycles. The van der Waals surface area contributed by atoms with Gasteiger partial charge in [-0.05, 0) is 50.7 Å². The fourth-order valence-corrected chi connectivity index (χ4v) is 4.59. The van der Waals surface area contributed by atoms with Crippen LogP contribution >= 0.6 is 0 Å². The predicted molar refractivity (Wildman–Crippen MR) is 109 cm³/mol. The van der Waals surface area contributed by atoms with Gasteiger partial charge in [-0.3, -0.25) is 14.6 Å². The highest BCUT2D eigenvalue weighted by Crippen LogP contribution is 2.26. The molecule has 150 valence electrons. The van der Waals surface area contributed by atoms with Crippen molar-refractivity contribution in [2.24, 2.45) is 5.92 Å². The maximum atomic E-state index is 13.0. The van der Waals surface area contributed by atoms with Gasteiger partial charge in [0.25, 0.3) is 0 Å². The van der Waals surface area contributed by atoms with Gasteiger partial charge in [-0.2, -0.15) is 0 Å². The standard InChI is InChI=1S/C22H30N4O2/c27-21(17-5-3-1-2-4-6-17)24-19-10-14-26(16-19)22(28)18-9-13-25(15-18)20-7-11-23-12-8-20/h5,7-8,11-12,18-19H,1-4,6,9-10,13-16H2,(H,24,27). The van der Waals surface area contributed by atoms with Gasteiger partial charge in [0, 0.05) is 55.9 Å². The lowest BCUT2D eigenvalue weighted by Crippen LogP contribution is -2.41. The Morgan fingerprint density at radius 3 is 2.75 bits per heavy atom. The number of carbonyl (C=O) groups excluding carboxylic acids is 2. The first-order valence-corrected chi connectivity index (χ1v) is 10.6. The van der Waals surface area contributed by atoms with Crippen molar-refractivity contribution in [1.82, 2.24) is 15.2 Å². The summed E-state index contributed by atoms with van der Waals surface area (Å²) in [4.78, 5) is 33.8. The van der Waals surface area contributed by atoms with Gasteiger partial charge in [0.05, 0.1) is 5.92 Å². The van der Waals surface area contributed by atoms with Gasteiger partial charge in [0.1, 0.15) is 0 Å². The molecule has 2 saturated heterocycles. The van der Waals surface area contributed by atoms with Crippen LogP contribution in [0.5, 0.6) is 0 Å². The summed E-state index contributed by atoms with van der Waals surface area (Å²) in [5.41, 5.74) is 2.07. The summed E-state index contributed by atoms with van der Waals surface area (Å²) >= 11 is 0. The Labute approximate surface area is 167 Å². The van der Waals surface area contributed by atoms with E-state index in [-0.39, 0.29) is 23.8 Å². The molecule has 1 aliphatic carbocycles. The van der Waals surface area contributed by atoms with E-state index in [4.69, 9.17) is 0 Å². The minimum Gasteiger partial charge on any atom is -0.371 e. The average molecular weight is 383 g/mol. The molecule has 6 heteroatoms. The summed E-state index contributed by atoms with van der Waals surface area (Å²) in [6.07, 6.45) is 12.8. The summed E-state index contributed by atoms with van der Waals surface area (Å²) in [7, 11) is 0. The Kier molecular flexibility index (Phi) is 5.93. The highest BCUT2D eigenvalue weighted by Gasteiger charge is 2.35. The van der Waals surface area contributed by atoms with Crippen LogP contribution in [0.25, 0.3) is 0 Å². The third kappa shape index (κ3) is 4.37. The predicted octanol–water partition coefficient (Wildman–Crippen LogP) is 2.52. The Hall–Kier alpha value is -2.37. The van der Waals surface area contributed by atoms with Crippen LogP contribution in [0.2, 0.25) is 0 Å². The highest BCUT2D eigenvalue weighted by atomic mass is 16.2. The number of aromatic nitrogens is 1. The second-order valence-corrected chi connectivity index (χ2v) is 8.21. The molecule has 28 heavy (non-hydrogen) atoms. The number of rotatable bonds is 4. The maximum absolute atomic E-state index is 13.0. The largest absolute Gasteiger partial charge is 0.371 e. The number of hydrogen-bond acceptors (Lipinski definition) is 4. The number of nitrogens with one attached hydrogen (secondary N) is 1. The molecule has 2 unspecified atom stereocenters. The molecule has 2 amide bonds. The molecule has 0 saturated carbocycles. The lowest BCUT2D eigenvalue weighted by molar-refractivity contribution is -0.134. The molecular formula is C22H30N4O2. The number of carbonyl (C=O) groups is 2. The minimum absolute atomic E-state index is 0.0483. The van der Waals surface area contributed by atoms with Crippen LogP contribution < -0.4 is 10.2 Å². The van der Waals surface area contributed by atoms with E-state index in [9.17, 15) is 9.59 Å². The van der Waals surface area contributed by atoms with Crippen molar-refractivity contribution in [2.45, 2.75) is 51.0 Å². The van der Waals surface area contributed by atoms with Gasteiger partial charge < -0.3 is 15.1 Å². The monoisotopic (exact) mass is 382 g/mol. The van der Waals surface area contributed by atoms with Crippen molar-refractivity contribution >= 4 is 17.5 Å². The van der Waals surface area contributed by atoms with E-state index in [1.165, 1.54) is 12.8 Å². The number of likely N-dealkylation sites (tertiary alicyclic amines) is 1. The molecule has 0 spiro atoms. The Morgan fingerprint density at radius 2 is 1.89 bits per heavy atom. The smallest absolute Gasteiger partial charge is 0.247 e. The minimum atomic E-state index is 0.0483. The fourth-order valence-electron chi connectivity index (χ4n) is 4.59. The zero-order valence-corrected chi connectivity index (χ0v) is 16.5. The quantitative estimate of drug-likeness (QED) is 0.869. The van der Waals surface area contributed by atoms with Gasteiger partial charge in [0.15, 0.2) is 0 Å². The summed E-state index contributed by atoms with van der Waals surface area (Å²) in [6.45, 7) is 3.06. The number of nitrogens with zero attached hydrogens (tertiary/aromatic N) is 3. The molecule has 3 heterocycles. The lowest BCUT2D eigenvalue weighted by atomic mass is 10.1. The molecule has 1 aromatic heterocycles. The van der Waals surface area contributed by atoms with E-state index >= 15 is 0 Å². The van der Waals surface area contributed by atoms with Gasteiger partial charge in [0.2, 0.25) is 11.8 Å². The molecule has 3 aliphatic rings. The van der Waals surface area contributed by atoms with E-state index in [1.807, 2.05) is 17.0 Å². The van der Waals surface area contributed by atoms with Crippen molar-refractivity contribution in [3.05, 3.63) is 36.2 Å². The molecule has 1 aromatic rings. The number of hydrogen-bond donors (Lipinski definition) is 1. The first-order chi connectivity index (χ1) is 13.7. The van der Waals surface area contributed by atoms with E-state index in [0.717, 1.165) is 63.0 Å². The van der Waals surface area contributed by atoms with E-state index < -0.39 is 0 Å². The average Bonchev–Trinajstić information content (AvgIpc) is 3.31. The van der Waals surface area contributed by atoms with Crippen molar-refractivity contribution in [3.8, 4) is 0 Å². The Balaban J connectivity index is 1.27. The van der Waals surface area contributed by atoms with Crippen LogP contribution in [0, 0.1) is 5.92 Å². The van der Waals surface area contributed by atoms with E-state index in [1.54, 1.807) is 12.4 Å². The SMILES string of the molecule is O=C(NC1CCN(C(=O)C2CCN(c3ccncc3)C2)C1)C1=CCCCCC1. The van der Waals surface area contributed by atoms with Crippen molar-refractivity contribution < 1.29 is 9.59 Å². The first kappa shape index (κ1) is 19.0. The molecular weight excluding hydrogens is 352 g/mol. The van der Waals surface area contributed by atoms with Gasteiger partial charge in [-0.1, -0.05) is 12.5 Å². The van der Waals surface area contributed by atoms with Crippen LogP contribution in [-0.2, 0) is 9.59 Å². The number of anilines is 1. The molecule has 2 aliphatic heterocycles. The molecule has 0 radical (unpaired) electrons. The van der Waals surface area contributed by atoms with Crippen molar-refractivity contribution in [1.29, 1.82) is 0 Å².